The maximum absolute atomic E-state index is 14.4. The summed E-state index contributed by atoms with van der Waals surface area (Å²) >= 11 is 0. The standard InChI is InChI=1S/C29H46N4O6/c1-6-10-30(5)25(35)22-23-26(36)33(12-8-9-17-34)24(29(23)20-21(3)28(22,4)39-29)27(37)32(11-7-2)14-13-31-15-18-38-19-16-31/h6-7,21-24,34H,1-2,8-20H2,3-5H3/t21?,22-,23+,24?,28+,29?/m1/s1. The maximum Gasteiger partial charge on any atom is 0.248 e. The number of aliphatic hydroxyl groups is 1. The van der Waals surface area contributed by atoms with Crippen LogP contribution in [0.2, 0.25) is 0 Å². The summed E-state index contributed by atoms with van der Waals surface area (Å²) in [6.07, 6.45) is 5.00. The summed E-state index contributed by atoms with van der Waals surface area (Å²) in [4.78, 5) is 49.7. The number of hydrogen-bond acceptors (Lipinski definition) is 7. The second kappa shape index (κ2) is 12.1. The van der Waals surface area contributed by atoms with Gasteiger partial charge in [0, 0.05) is 59.5 Å². The van der Waals surface area contributed by atoms with E-state index in [-0.39, 0.29) is 30.2 Å². The van der Waals surface area contributed by atoms with Crippen LogP contribution in [0.3, 0.4) is 0 Å². The molecule has 3 amide bonds. The lowest BCUT2D eigenvalue weighted by atomic mass is 9.62. The highest BCUT2D eigenvalue weighted by Crippen LogP contribution is 2.65. The second-order valence-corrected chi connectivity index (χ2v) is 11.7. The topological polar surface area (TPSA) is 103 Å². The van der Waals surface area contributed by atoms with Crippen molar-refractivity contribution in [1.29, 1.82) is 0 Å². The molecule has 4 rings (SSSR count). The molecular weight excluding hydrogens is 500 g/mol. The van der Waals surface area contributed by atoms with Crippen LogP contribution in [0.5, 0.6) is 0 Å². The van der Waals surface area contributed by atoms with E-state index in [1.165, 1.54) is 0 Å². The number of rotatable bonds is 13. The van der Waals surface area contributed by atoms with E-state index in [9.17, 15) is 19.5 Å². The van der Waals surface area contributed by atoms with Gasteiger partial charge >= 0.3 is 0 Å². The first-order chi connectivity index (χ1) is 18.7. The van der Waals surface area contributed by atoms with E-state index in [1.807, 2.05) is 6.92 Å². The van der Waals surface area contributed by atoms with Gasteiger partial charge in [0.15, 0.2) is 0 Å². The molecule has 10 nitrogen and oxygen atoms in total. The molecule has 0 aliphatic carbocycles. The Kier molecular flexibility index (Phi) is 9.20. The summed E-state index contributed by atoms with van der Waals surface area (Å²) in [5.74, 6) is -1.93. The first kappa shape index (κ1) is 29.7. The van der Waals surface area contributed by atoms with Gasteiger partial charge in [-0.3, -0.25) is 19.3 Å². The number of hydrogen-bond donors (Lipinski definition) is 1. The molecule has 0 aromatic heterocycles. The Labute approximate surface area is 232 Å². The molecule has 6 atom stereocenters. The SMILES string of the molecule is C=CCN(C)C(=O)[C@H]1[C@H]2C(=O)N(CCCCO)C(C(=O)N(CC=C)CCN3CCOCC3)C23CC(C)[C@]1(C)O3. The minimum atomic E-state index is -1.07. The molecule has 1 N–H and O–H groups in total. The fourth-order valence-corrected chi connectivity index (χ4v) is 7.26. The number of fused-ring (bicyclic) bond motifs is 1. The van der Waals surface area contributed by atoms with Crippen LogP contribution in [0, 0.1) is 17.8 Å². The van der Waals surface area contributed by atoms with Crippen molar-refractivity contribution >= 4 is 17.7 Å². The number of likely N-dealkylation sites (tertiary alicyclic amines) is 1. The highest BCUT2D eigenvalue weighted by Gasteiger charge is 2.80. The van der Waals surface area contributed by atoms with Crippen molar-refractivity contribution in [2.45, 2.75) is 50.4 Å². The fourth-order valence-electron chi connectivity index (χ4n) is 7.26. The quantitative estimate of drug-likeness (QED) is 0.269. The zero-order chi connectivity index (χ0) is 28.4. The Morgan fingerprint density at radius 1 is 1.13 bits per heavy atom. The molecule has 0 radical (unpaired) electrons. The van der Waals surface area contributed by atoms with Gasteiger partial charge in [-0.15, -0.1) is 13.2 Å². The number of aliphatic hydroxyl groups excluding tert-OH is 1. The predicted molar refractivity (Wildman–Crippen MR) is 147 cm³/mol. The summed E-state index contributed by atoms with van der Waals surface area (Å²) < 4.78 is 12.3. The van der Waals surface area contributed by atoms with E-state index in [1.54, 1.807) is 33.9 Å². The molecule has 0 saturated carbocycles. The molecule has 39 heavy (non-hydrogen) atoms. The van der Waals surface area contributed by atoms with Crippen molar-refractivity contribution in [3.8, 4) is 0 Å². The molecule has 4 fully saturated rings. The lowest BCUT2D eigenvalue weighted by Gasteiger charge is -2.38. The molecule has 2 bridgehead atoms. The van der Waals surface area contributed by atoms with Gasteiger partial charge in [0.05, 0.1) is 30.7 Å². The van der Waals surface area contributed by atoms with Gasteiger partial charge in [-0.25, -0.2) is 0 Å². The minimum Gasteiger partial charge on any atom is -0.396 e. The number of likely N-dealkylation sites (N-methyl/N-ethyl adjacent to an activating group) is 1. The normalized spacial score (nSPS) is 33.7. The van der Waals surface area contributed by atoms with E-state index >= 15 is 0 Å². The molecule has 3 unspecified atom stereocenters. The number of amides is 3. The average Bonchev–Trinajstić information content (AvgIpc) is 3.43. The molecule has 0 aromatic carbocycles. The summed E-state index contributed by atoms with van der Waals surface area (Å²) in [5.41, 5.74) is -1.92. The van der Waals surface area contributed by atoms with Gasteiger partial charge < -0.3 is 29.3 Å². The molecule has 4 saturated heterocycles. The Morgan fingerprint density at radius 2 is 1.82 bits per heavy atom. The number of ether oxygens (including phenoxy) is 2. The van der Waals surface area contributed by atoms with Crippen molar-refractivity contribution in [1.82, 2.24) is 19.6 Å². The van der Waals surface area contributed by atoms with Gasteiger partial charge in [0.2, 0.25) is 17.7 Å². The molecule has 218 valence electrons. The van der Waals surface area contributed by atoms with Crippen LogP contribution in [0.4, 0.5) is 0 Å². The number of unbranched alkanes of at least 4 members (excludes halogenated alkanes) is 1. The zero-order valence-corrected chi connectivity index (χ0v) is 23.8. The lowest BCUT2D eigenvalue weighted by Crippen LogP contribution is -2.57. The molecule has 0 aromatic rings. The van der Waals surface area contributed by atoms with Gasteiger partial charge in [0.1, 0.15) is 11.6 Å². The Morgan fingerprint density at radius 3 is 2.46 bits per heavy atom. The number of nitrogens with zero attached hydrogens (tertiary/aromatic N) is 4. The minimum absolute atomic E-state index is 0.0103. The van der Waals surface area contributed by atoms with Crippen LogP contribution >= 0.6 is 0 Å². The maximum atomic E-state index is 14.4. The van der Waals surface area contributed by atoms with Crippen LogP contribution in [0.25, 0.3) is 0 Å². The first-order valence-corrected chi connectivity index (χ1v) is 14.3. The van der Waals surface area contributed by atoms with E-state index in [4.69, 9.17) is 9.47 Å². The van der Waals surface area contributed by atoms with Crippen molar-refractivity contribution < 1.29 is 29.0 Å². The van der Waals surface area contributed by atoms with Crippen LogP contribution in [-0.4, -0.2) is 132 Å². The van der Waals surface area contributed by atoms with Gasteiger partial charge in [-0.1, -0.05) is 19.1 Å². The van der Waals surface area contributed by atoms with Crippen LogP contribution in [-0.2, 0) is 23.9 Å². The summed E-state index contributed by atoms with van der Waals surface area (Å²) in [6.45, 7) is 16.9. The molecule has 1 spiro atoms. The predicted octanol–water partition coefficient (Wildman–Crippen LogP) is 0.761. The smallest absolute Gasteiger partial charge is 0.248 e. The third-order valence-corrected chi connectivity index (χ3v) is 9.35. The Hall–Kier alpha value is -2.27. The second-order valence-electron chi connectivity index (χ2n) is 11.7. The van der Waals surface area contributed by atoms with Crippen LogP contribution in [0.1, 0.15) is 33.1 Å². The lowest BCUT2D eigenvalue weighted by molar-refractivity contribution is -0.154. The molecule has 4 heterocycles. The van der Waals surface area contributed by atoms with E-state index in [0.717, 1.165) is 13.1 Å². The van der Waals surface area contributed by atoms with Gasteiger partial charge in [-0.05, 0) is 32.1 Å². The molecular formula is C29H46N4O6. The number of carbonyl (C=O) groups excluding carboxylic acids is 3. The van der Waals surface area contributed by atoms with Crippen LogP contribution < -0.4 is 0 Å². The summed E-state index contributed by atoms with van der Waals surface area (Å²) in [5, 5.41) is 9.41. The van der Waals surface area contributed by atoms with E-state index < -0.39 is 29.1 Å². The largest absolute Gasteiger partial charge is 0.396 e. The van der Waals surface area contributed by atoms with Crippen LogP contribution in [0.15, 0.2) is 25.3 Å². The van der Waals surface area contributed by atoms with Gasteiger partial charge in [0.25, 0.3) is 0 Å². The number of morpholine rings is 1. The highest BCUT2D eigenvalue weighted by molar-refractivity contribution is 5.99. The van der Waals surface area contributed by atoms with E-state index in [2.05, 4.69) is 25.0 Å². The van der Waals surface area contributed by atoms with Crippen molar-refractivity contribution in [2.75, 3.05) is 72.7 Å². The monoisotopic (exact) mass is 546 g/mol. The summed E-state index contributed by atoms with van der Waals surface area (Å²) in [7, 11) is 1.72. The van der Waals surface area contributed by atoms with Gasteiger partial charge in [-0.2, -0.15) is 0 Å². The van der Waals surface area contributed by atoms with E-state index in [0.29, 0.717) is 65.2 Å². The van der Waals surface area contributed by atoms with Crippen molar-refractivity contribution in [3.63, 3.8) is 0 Å². The average molecular weight is 547 g/mol. The highest BCUT2D eigenvalue weighted by atomic mass is 16.5. The Balaban J connectivity index is 1.69. The molecule has 4 aliphatic heterocycles. The Bertz CT molecular complexity index is 954. The zero-order valence-electron chi connectivity index (χ0n) is 23.8. The first-order valence-electron chi connectivity index (χ1n) is 14.3. The molecule has 10 heteroatoms. The van der Waals surface area contributed by atoms with Crippen molar-refractivity contribution in [3.05, 3.63) is 25.3 Å². The number of carbonyl (C=O) groups is 3. The third kappa shape index (κ3) is 5.16. The fraction of sp³-hybridized carbons (Fsp3) is 0.759. The van der Waals surface area contributed by atoms with Crippen molar-refractivity contribution in [2.24, 2.45) is 17.8 Å². The summed E-state index contributed by atoms with van der Waals surface area (Å²) in [6, 6.07) is -0.829. The third-order valence-electron chi connectivity index (χ3n) is 9.35. The molecule has 4 aliphatic rings.